The minimum absolute atomic E-state index is 0.198. The summed E-state index contributed by atoms with van der Waals surface area (Å²) < 4.78 is 5.73. The second-order valence-corrected chi connectivity index (χ2v) is 8.11. The van der Waals surface area contributed by atoms with Gasteiger partial charge in [-0.15, -0.1) is 0 Å². The zero-order valence-electron chi connectivity index (χ0n) is 15.6. The molecule has 7 nitrogen and oxygen atoms in total. The number of likely N-dealkylation sites (tertiary alicyclic amines) is 1. The van der Waals surface area contributed by atoms with Gasteiger partial charge in [-0.25, -0.2) is 9.78 Å². The van der Waals surface area contributed by atoms with Crippen molar-refractivity contribution in [2.24, 2.45) is 5.41 Å². The van der Waals surface area contributed by atoms with Crippen LogP contribution in [-0.4, -0.2) is 65.8 Å². The summed E-state index contributed by atoms with van der Waals surface area (Å²) in [5.41, 5.74) is 0.409. The molecule has 1 spiro atoms. The smallest absolute Gasteiger partial charge is 0.337 e. The predicted octanol–water partition coefficient (Wildman–Crippen LogP) is 2.17. The number of hydrogen-bond donors (Lipinski definition) is 1. The molecule has 7 heteroatoms. The van der Waals surface area contributed by atoms with Gasteiger partial charge >= 0.3 is 5.97 Å². The molecule has 1 aromatic heterocycles. The lowest BCUT2D eigenvalue weighted by Gasteiger charge is -2.48. The molecule has 146 valence electrons. The third-order valence-corrected chi connectivity index (χ3v) is 6.34. The van der Waals surface area contributed by atoms with Crippen molar-refractivity contribution < 1.29 is 19.4 Å². The number of piperidine rings is 2. The fourth-order valence-electron chi connectivity index (χ4n) is 4.62. The molecule has 3 fully saturated rings. The molecule has 1 N–H and O–H groups in total. The maximum Gasteiger partial charge on any atom is 0.337 e. The van der Waals surface area contributed by atoms with E-state index < -0.39 is 5.97 Å². The number of hydrogen-bond acceptors (Lipinski definition) is 5. The normalized spacial score (nSPS) is 25.2. The Morgan fingerprint density at radius 3 is 2.74 bits per heavy atom. The van der Waals surface area contributed by atoms with Crippen LogP contribution in [0, 0.1) is 5.41 Å². The van der Waals surface area contributed by atoms with Crippen LogP contribution < -0.4 is 4.90 Å². The van der Waals surface area contributed by atoms with E-state index >= 15 is 0 Å². The fraction of sp³-hybridized carbons (Fsp3) is 0.650. The van der Waals surface area contributed by atoms with Crippen molar-refractivity contribution in [2.75, 3.05) is 37.7 Å². The first kappa shape index (κ1) is 18.2. The highest BCUT2D eigenvalue weighted by atomic mass is 16.5. The average molecular weight is 373 g/mol. The van der Waals surface area contributed by atoms with E-state index in [-0.39, 0.29) is 23.0 Å². The van der Waals surface area contributed by atoms with Crippen LogP contribution >= 0.6 is 0 Å². The molecule has 1 atom stereocenters. The van der Waals surface area contributed by atoms with Crippen LogP contribution in [0.2, 0.25) is 0 Å². The molecular weight excluding hydrogens is 346 g/mol. The van der Waals surface area contributed by atoms with Gasteiger partial charge in [0.25, 0.3) is 0 Å². The Morgan fingerprint density at radius 1 is 1.30 bits per heavy atom. The molecule has 3 aliphatic heterocycles. The van der Waals surface area contributed by atoms with E-state index in [9.17, 15) is 9.59 Å². The molecule has 27 heavy (non-hydrogen) atoms. The van der Waals surface area contributed by atoms with Crippen LogP contribution in [0.4, 0.5) is 5.82 Å². The fourth-order valence-corrected chi connectivity index (χ4v) is 4.62. The zero-order valence-corrected chi connectivity index (χ0v) is 15.6. The zero-order chi connectivity index (χ0) is 18.9. The van der Waals surface area contributed by atoms with E-state index in [0.29, 0.717) is 6.42 Å². The minimum Gasteiger partial charge on any atom is -0.478 e. The highest BCUT2D eigenvalue weighted by Crippen LogP contribution is 2.41. The van der Waals surface area contributed by atoms with Crippen molar-refractivity contribution in [3.8, 4) is 0 Å². The summed E-state index contributed by atoms with van der Waals surface area (Å²) >= 11 is 0. The van der Waals surface area contributed by atoms with Gasteiger partial charge in [-0.05, 0) is 49.7 Å². The maximum atomic E-state index is 12.4. The van der Waals surface area contributed by atoms with Crippen molar-refractivity contribution >= 4 is 17.7 Å². The van der Waals surface area contributed by atoms with Crippen LogP contribution in [0.15, 0.2) is 18.3 Å². The molecule has 1 unspecified atom stereocenters. The summed E-state index contributed by atoms with van der Waals surface area (Å²) in [6.07, 6.45) is 7.45. The lowest BCUT2D eigenvalue weighted by atomic mass is 9.72. The van der Waals surface area contributed by atoms with Gasteiger partial charge in [0.2, 0.25) is 5.91 Å². The third-order valence-electron chi connectivity index (χ3n) is 6.34. The quantitative estimate of drug-likeness (QED) is 0.871. The first-order valence-corrected chi connectivity index (χ1v) is 9.88. The highest BCUT2D eigenvalue weighted by Gasteiger charge is 2.41. The van der Waals surface area contributed by atoms with Gasteiger partial charge in [-0.2, -0.15) is 0 Å². The molecule has 0 aliphatic carbocycles. The standard InChI is InChI=1S/C20H27N3O4/c24-18-5-6-20(14-23(18)13-16-2-1-11-27-16)7-9-22(10-8-20)17-4-3-15(12-21-17)19(25)26/h3-4,12,16H,1-2,5-11,13-14H2,(H,25,26). The molecule has 3 aliphatic rings. The Hall–Kier alpha value is -2.15. The number of carboxylic acids is 1. The van der Waals surface area contributed by atoms with Gasteiger partial charge < -0.3 is 19.6 Å². The van der Waals surface area contributed by atoms with E-state index in [2.05, 4.69) is 9.88 Å². The number of amides is 1. The molecular formula is C20H27N3O4. The number of pyridine rings is 1. The van der Waals surface area contributed by atoms with Crippen LogP contribution in [0.5, 0.6) is 0 Å². The van der Waals surface area contributed by atoms with Crippen molar-refractivity contribution in [3.05, 3.63) is 23.9 Å². The maximum absolute atomic E-state index is 12.4. The molecule has 1 amide bonds. The molecule has 0 bridgehead atoms. The Morgan fingerprint density at radius 2 is 2.11 bits per heavy atom. The van der Waals surface area contributed by atoms with E-state index in [0.717, 1.165) is 70.7 Å². The number of nitrogens with zero attached hydrogens (tertiary/aromatic N) is 3. The Labute approximate surface area is 159 Å². The van der Waals surface area contributed by atoms with Crippen molar-refractivity contribution in [3.63, 3.8) is 0 Å². The summed E-state index contributed by atoms with van der Waals surface area (Å²) in [6, 6.07) is 3.40. The summed E-state index contributed by atoms with van der Waals surface area (Å²) in [5, 5.41) is 9.01. The number of carbonyl (C=O) groups is 2. The van der Waals surface area contributed by atoms with E-state index in [1.807, 2.05) is 4.90 Å². The van der Waals surface area contributed by atoms with Gasteiger partial charge in [0.15, 0.2) is 0 Å². The van der Waals surface area contributed by atoms with Crippen LogP contribution in [-0.2, 0) is 9.53 Å². The SMILES string of the molecule is O=C(O)c1ccc(N2CCC3(CCC(=O)N(CC4CCCO4)C3)CC2)nc1. The lowest BCUT2D eigenvalue weighted by Crippen LogP contribution is -2.53. The van der Waals surface area contributed by atoms with Crippen molar-refractivity contribution in [2.45, 2.75) is 44.6 Å². The number of rotatable bonds is 4. The van der Waals surface area contributed by atoms with Crippen LogP contribution in [0.3, 0.4) is 0 Å². The largest absolute Gasteiger partial charge is 0.478 e. The summed E-state index contributed by atoms with van der Waals surface area (Å²) in [5.74, 6) is 0.146. The number of carbonyl (C=O) groups excluding carboxylic acids is 1. The first-order chi connectivity index (χ1) is 13.0. The average Bonchev–Trinajstić information content (AvgIpc) is 3.19. The summed E-state index contributed by atoms with van der Waals surface area (Å²) in [6.45, 7) is 4.18. The second-order valence-electron chi connectivity index (χ2n) is 8.11. The molecule has 0 radical (unpaired) electrons. The molecule has 4 rings (SSSR count). The van der Waals surface area contributed by atoms with Crippen LogP contribution in [0.1, 0.15) is 48.9 Å². The number of aromatic nitrogens is 1. The number of anilines is 1. The number of ether oxygens (including phenoxy) is 1. The van der Waals surface area contributed by atoms with Gasteiger partial charge in [0.05, 0.1) is 11.7 Å². The Kier molecular flexibility index (Phi) is 5.04. The van der Waals surface area contributed by atoms with Gasteiger partial charge in [-0.1, -0.05) is 0 Å². The molecule has 3 saturated heterocycles. The first-order valence-electron chi connectivity index (χ1n) is 9.88. The number of carboxylic acid groups (broad SMARTS) is 1. The summed E-state index contributed by atoms with van der Waals surface area (Å²) in [4.78, 5) is 31.9. The highest BCUT2D eigenvalue weighted by molar-refractivity contribution is 5.87. The van der Waals surface area contributed by atoms with E-state index in [4.69, 9.17) is 9.84 Å². The summed E-state index contributed by atoms with van der Waals surface area (Å²) in [7, 11) is 0. The van der Waals surface area contributed by atoms with Crippen molar-refractivity contribution in [1.29, 1.82) is 0 Å². The molecule has 0 aromatic carbocycles. The predicted molar refractivity (Wildman–Crippen MR) is 99.9 cm³/mol. The van der Waals surface area contributed by atoms with E-state index in [1.165, 1.54) is 6.20 Å². The van der Waals surface area contributed by atoms with Gasteiger partial charge in [-0.3, -0.25) is 4.79 Å². The van der Waals surface area contributed by atoms with E-state index in [1.54, 1.807) is 12.1 Å². The Bertz CT molecular complexity index is 692. The van der Waals surface area contributed by atoms with Crippen LogP contribution in [0.25, 0.3) is 0 Å². The lowest BCUT2D eigenvalue weighted by molar-refractivity contribution is -0.140. The topological polar surface area (TPSA) is 83.0 Å². The Balaban J connectivity index is 1.37. The molecule has 0 saturated carbocycles. The minimum atomic E-state index is -0.954. The van der Waals surface area contributed by atoms with Gasteiger partial charge in [0, 0.05) is 45.4 Å². The second kappa shape index (κ2) is 7.46. The molecule has 1 aromatic rings. The van der Waals surface area contributed by atoms with Gasteiger partial charge in [0.1, 0.15) is 5.82 Å². The molecule has 4 heterocycles. The monoisotopic (exact) mass is 373 g/mol. The number of aromatic carboxylic acids is 1. The van der Waals surface area contributed by atoms with Crippen molar-refractivity contribution in [1.82, 2.24) is 9.88 Å². The third kappa shape index (κ3) is 3.93.